The molecule has 31 heavy (non-hydrogen) atoms. The van der Waals surface area contributed by atoms with E-state index in [4.69, 9.17) is 14.2 Å². The Morgan fingerprint density at radius 2 is 1.87 bits per heavy atom. The molecule has 0 unspecified atom stereocenters. The smallest absolute Gasteiger partial charge is 0.355 e. The number of rotatable bonds is 5. The van der Waals surface area contributed by atoms with E-state index in [1.165, 1.54) is 43.7 Å². The largest absolute Gasteiger partial charge is 0.490 e. The standard InChI is InChI=1S/C24H30N2O5/c1-24(2,3)31-22(28)20-13-21(27)25-23-26(20)14-19(30-23)15-29-18-11-9-17(10-12-18)16-7-5-4-6-8-16/h9-13,16,19H,4-8,14-15H2,1-3H3/t19-/m0/s1. The molecule has 1 aromatic carbocycles. The second-order valence-corrected chi connectivity index (χ2v) is 9.33. The zero-order chi connectivity index (χ0) is 22.0. The summed E-state index contributed by atoms with van der Waals surface area (Å²) < 4.78 is 18.7. The Labute approximate surface area is 182 Å². The summed E-state index contributed by atoms with van der Waals surface area (Å²) >= 11 is 0. The normalized spacial score (nSPS) is 18.9. The van der Waals surface area contributed by atoms with Crippen molar-refractivity contribution in [2.24, 2.45) is 0 Å². The average Bonchev–Trinajstić information content (AvgIpc) is 3.14. The Morgan fingerprint density at radius 3 is 2.55 bits per heavy atom. The van der Waals surface area contributed by atoms with Gasteiger partial charge in [0, 0.05) is 6.07 Å². The monoisotopic (exact) mass is 426 g/mol. The van der Waals surface area contributed by atoms with Gasteiger partial charge in [0.25, 0.3) is 5.56 Å². The highest BCUT2D eigenvalue weighted by Crippen LogP contribution is 2.33. The molecule has 0 saturated heterocycles. The summed E-state index contributed by atoms with van der Waals surface area (Å²) in [6, 6.07) is 9.61. The number of hydrogen-bond acceptors (Lipinski definition) is 6. The molecule has 7 nitrogen and oxygen atoms in total. The molecular formula is C24H30N2O5. The van der Waals surface area contributed by atoms with Crippen molar-refractivity contribution in [2.75, 3.05) is 6.61 Å². The molecule has 7 heteroatoms. The summed E-state index contributed by atoms with van der Waals surface area (Å²) in [6.07, 6.45) is 6.14. The Morgan fingerprint density at radius 1 is 1.16 bits per heavy atom. The average molecular weight is 427 g/mol. The van der Waals surface area contributed by atoms with Crippen LogP contribution in [-0.4, -0.2) is 33.8 Å². The highest BCUT2D eigenvalue weighted by Gasteiger charge is 2.30. The quantitative estimate of drug-likeness (QED) is 0.670. The lowest BCUT2D eigenvalue weighted by Crippen LogP contribution is -2.28. The van der Waals surface area contributed by atoms with Gasteiger partial charge in [-0.3, -0.25) is 9.36 Å². The first-order valence-corrected chi connectivity index (χ1v) is 11.0. The van der Waals surface area contributed by atoms with Crippen LogP contribution in [0.3, 0.4) is 0 Å². The Balaban J connectivity index is 1.39. The number of ether oxygens (including phenoxy) is 3. The Bertz CT molecular complexity index is 985. The maximum absolute atomic E-state index is 12.5. The number of fused-ring (bicyclic) bond motifs is 1. The molecule has 0 amide bonds. The SMILES string of the molecule is CC(C)(C)OC(=O)c1cc(=O)nc2n1C[C@@H](COc1ccc(C3CCCCC3)cc1)O2. The van der Waals surface area contributed by atoms with Gasteiger partial charge >= 0.3 is 12.0 Å². The van der Waals surface area contributed by atoms with E-state index in [9.17, 15) is 9.59 Å². The third-order valence-corrected chi connectivity index (χ3v) is 5.65. The summed E-state index contributed by atoms with van der Waals surface area (Å²) in [6.45, 7) is 5.98. The van der Waals surface area contributed by atoms with Crippen molar-refractivity contribution < 1.29 is 19.0 Å². The van der Waals surface area contributed by atoms with E-state index in [0.717, 1.165) is 5.75 Å². The first kappa shape index (κ1) is 21.4. The first-order chi connectivity index (χ1) is 14.8. The van der Waals surface area contributed by atoms with Gasteiger partial charge in [0.15, 0.2) is 6.10 Å². The lowest BCUT2D eigenvalue weighted by Gasteiger charge is -2.22. The molecule has 4 rings (SSSR count). The number of carbonyl (C=O) groups is 1. The highest BCUT2D eigenvalue weighted by atomic mass is 16.6. The van der Waals surface area contributed by atoms with E-state index in [2.05, 4.69) is 17.1 Å². The van der Waals surface area contributed by atoms with Crippen molar-refractivity contribution in [3.05, 3.63) is 51.9 Å². The van der Waals surface area contributed by atoms with Crippen molar-refractivity contribution in [2.45, 2.75) is 77.0 Å². The summed E-state index contributed by atoms with van der Waals surface area (Å²) in [5, 5.41) is 0. The van der Waals surface area contributed by atoms with Gasteiger partial charge in [0.2, 0.25) is 0 Å². The van der Waals surface area contributed by atoms with Gasteiger partial charge < -0.3 is 14.2 Å². The molecule has 0 bridgehead atoms. The van der Waals surface area contributed by atoms with E-state index in [1.807, 2.05) is 12.1 Å². The summed E-state index contributed by atoms with van der Waals surface area (Å²) in [4.78, 5) is 28.3. The number of esters is 1. The highest BCUT2D eigenvalue weighted by molar-refractivity contribution is 5.88. The molecule has 166 valence electrons. The van der Waals surface area contributed by atoms with Crippen molar-refractivity contribution in [3.8, 4) is 11.8 Å². The molecule has 1 fully saturated rings. The van der Waals surface area contributed by atoms with Gasteiger partial charge in [0.1, 0.15) is 23.7 Å². The minimum atomic E-state index is -0.664. The maximum Gasteiger partial charge on any atom is 0.355 e. The molecule has 1 aromatic heterocycles. The van der Waals surface area contributed by atoms with E-state index >= 15 is 0 Å². The third-order valence-electron chi connectivity index (χ3n) is 5.65. The molecule has 0 N–H and O–H groups in total. The van der Waals surface area contributed by atoms with Gasteiger partial charge in [-0.1, -0.05) is 31.4 Å². The molecule has 2 aromatic rings. The number of aromatic nitrogens is 2. The number of carbonyl (C=O) groups excluding carboxylic acids is 1. The lowest BCUT2D eigenvalue weighted by atomic mass is 9.84. The van der Waals surface area contributed by atoms with Crippen LogP contribution in [0.4, 0.5) is 0 Å². The second kappa shape index (κ2) is 8.73. The number of hydrogen-bond donors (Lipinski definition) is 0. The summed E-state index contributed by atoms with van der Waals surface area (Å²) in [5.74, 6) is 0.858. The lowest BCUT2D eigenvalue weighted by molar-refractivity contribution is 0.00564. The molecule has 0 spiro atoms. The van der Waals surface area contributed by atoms with Crippen LogP contribution in [0.25, 0.3) is 0 Å². The fourth-order valence-corrected chi connectivity index (χ4v) is 4.19. The molecule has 2 aliphatic rings. The van der Waals surface area contributed by atoms with Crippen LogP contribution in [0.15, 0.2) is 35.1 Å². The van der Waals surface area contributed by atoms with Crippen LogP contribution in [-0.2, 0) is 11.3 Å². The van der Waals surface area contributed by atoms with Crippen LogP contribution < -0.4 is 15.0 Å². The second-order valence-electron chi connectivity index (χ2n) is 9.33. The first-order valence-electron chi connectivity index (χ1n) is 11.0. The minimum Gasteiger partial charge on any atom is -0.490 e. The zero-order valence-corrected chi connectivity index (χ0v) is 18.4. The molecule has 2 heterocycles. The van der Waals surface area contributed by atoms with Crippen LogP contribution >= 0.6 is 0 Å². The molecule has 0 radical (unpaired) electrons. The van der Waals surface area contributed by atoms with E-state index in [-0.39, 0.29) is 24.4 Å². The van der Waals surface area contributed by atoms with E-state index in [0.29, 0.717) is 12.5 Å². The fourth-order valence-electron chi connectivity index (χ4n) is 4.19. The van der Waals surface area contributed by atoms with Crippen molar-refractivity contribution in [1.82, 2.24) is 9.55 Å². The van der Waals surface area contributed by atoms with Crippen LogP contribution in [0.2, 0.25) is 0 Å². The summed E-state index contributed by atoms with van der Waals surface area (Å²) in [5.41, 5.74) is 0.320. The van der Waals surface area contributed by atoms with Gasteiger partial charge in [-0.2, -0.15) is 4.98 Å². The minimum absolute atomic E-state index is 0.120. The number of benzene rings is 1. The molecule has 1 saturated carbocycles. The Kier molecular flexibility index (Phi) is 6.03. The Hall–Kier alpha value is -2.83. The molecular weight excluding hydrogens is 396 g/mol. The van der Waals surface area contributed by atoms with Gasteiger partial charge in [-0.25, -0.2) is 4.79 Å². The van der Waals surface area contributed by atoms with E-state index < -0.39 is 17.1 Å². The molecule has 1 aliphatic heterocycles. The zero-order valence-electron chi connectivity index (χ0n) is 18.4. The number of nitrogens with zero attached hydrogens (tertiary/aromatic N) is 2. The van der Waals surface area contributed by atoms with Crippen LogP contribution in [0.1, 0.15) is 74.8 Å². The molecule has 1 aliphatic carbocycles. The maximum atomic E-state index is 12.5. The predicted octanol–water partition coefficient (Wildman–Crippen LogP) is 4.09. The topological polar surface area (TPSA) is 79.7 Å². The van der Waals surface area contributed by atoms with Crippen LogP contribution in [0.5, 0.6) is 11.8 Å². The van der Waals surface area contributed by atoms with Gasteiger partial charge in [-0.15, -0.1) is 0 Å². The third kappa shape index (κ3) is 5.27. The van der Waals surface area contributed by atoms with Crippen molar-refractivity contribution in [3.63, 3.8) is 0 Å². The molecule has 1 atom stereocenters. The van der Waals surface area contributed by atoms with Gasteiger partial charge in [0.05, 0.1) is 6.54 Å². The van der Waals surface area contributed by atoms with Crippen LogP contribution in [0, 0.1) is 0 Å². The van der Waals surface area contributed by atoms with E-state index in [1.54, 1.807) is 25.3 Å². The summed E-state index contributed by atoms with van der Waals surface area (Å²) in [7, 11) is 0. The van der Waals surface area contributed by atoms with Crippen molar-refractivity contribution in [1.29, 1.82) is 0 Å². The predicted molar refractivity (Wildman–Crippen MR) is 116 cm³/mol. The fraction of sp³-hybridized carbons (Fsp3) is 0.542. The van der Waals surface area contributed by atoms with Crippen molar-refractivity contribution >= 4 is 5.97 Å². The van der Waals surface area contributed by atoms with Gasteiger partial charge in [-0.05, 0) is 57.2 Å².